The predicted molar refractivity (Wildman–Crippen MR) is 203 cm³/mol. The summed E-state index contributed by atoms with van der Waals surface area (Å²) in [5, 5.41) is 2.16. The molecule has 0 atom stereocenters. The Hall–Kier alpha value is -2.76. The summed E-state index contributed by atoms with van der Waals surface area (Å²) in [6.45, 7) is 4.65. The zero-order chi connectivity index (χ0) is 30.6. The molecular weight excluding hydrogens is 621 g/mol. The van der Waals surface area contributed by atoms with Gasteiger partial charge in [0.05, 0.1) is 0 Å². The van der Waals surface area contributed by atoms with E-state index in [-0.39, 0.29) is 5.41 Å². The van der Waals surface area contributed by atoms with Gasteiger partial charge in [-0.05, 0) is 94.6 Å². The van der Waals surface area contributed by atoms with E-state index in [1.807, 2.05) is 45.3 Å². The summed E-state index contributed by atoms with van der Waals surface area (Å²) in [5.74, 6) is 0. The van der Waals surface area contributed by atoms with E-state index in [0.29, 0.717) is 0 Å². The van der Waals surface area contributed by atoms with Crippen LogP contribution in [-0.4, -0.2) is 0 Å². The second kappa shape index (κ2) is 13.9. The summed E-state index contributed by atoms with van der Waals surface area (Å²) in [6.07, 6.45) is 13.1. The maximum Gasteiger partial charge on any atom is 0.0449 e. The first-order valence-electron chi connectivity index (χ1n) is 16.8. The molecule has 2 aromatic carbocycles. The molecule has 0 bridgehead atoms. The molecule has 0 nitrogen and oxygen atoms in total. The molecule has 6 aromatic rings. The molecule has 0 unspecified atom stereocenters. The zero-order valence-corrected chi connectivity index (χ0v) is 29.7. The second-order valence-corrected chi connectivity index (χ2v) is 16.7. The molecule has 7 rings (SSSR count). The number of hydrogen-bond acceptors (Lipinski definition) is 4. The van der Waals surface area contributed by atoms with Crippen LogP contribution in [0, 0.1) is 0 Å². The van der Waals surface area contributed by atoms with Crippen molar-refractivity contribution in [3.63, 3.8) is 0 Å². The topological polar surface area (TPSA) is 0 Å². The average Bonchev–Trinajstić information content (AvgIpc) is 3.91. The fourth-order valence-corrected chi connectivity index (χ4v) is 11.3. The third kappa shape index (κ3) is 6.20. The summed E-state index contributed by atoms with van der Waals surface area (Å²) < 4.78 is 0. The lowest BCUT2D eigenvalue weighted by Crippen LogP contribution is -2.25. The van der Waals surface area contributed by atoms with Crippen LogP contribution in [0.25, 0.3) is 50.8 Å². The summed E-state index contributed by atoms with van der Waals surface area (Å²) >= 11 is 7.58. The lowest BCUT2D eigenvalue weighted by atomic mass is 9.70. The van der Waals surface area contributed by atoms with Gasteiger partial charge in [-0.25, -0.2) is 0 Å². The van der Waals surface area contributed by atoms with Gasteiger partial charge in [0, 0.05) is 39.6 Å². The van der Waals surface area contributed by atoms with Gasteiger partial charge < -0.3 is 0 Å². The number of rotatable bonds is 14. The Balaban J connectivity index is 1.19. The van der Waals surface area contributed by atoms with E-state index in [9.17, 15) is 0 Å². The Kier molecular flexibility index (Phi) is 9.56. The molecule has 4 heteroatoms. The van der Waals surface area contributed by atoms with Gasteiger partial charge in [-0.1, -0.05) is 108 Å². The monoisotopic (exact) mass is 662 g/mol. The first kappa shape index (κ1) is 30.9. The van der Waals surface area contributed by atoms with Crippen molar-refractivity contribution in [1.82, 2.24) is 0 Å². The van der Waals surface area contributed by atoms with Crippen LogP contribution in [0.2, 0.25) is 0 Å². The van der Waals surface area contributed by atoms with Crippen LogP contribution in [-0.2, 0) is 5.41 Å². The van der Waals surface area contributed by atoms with E-state index in [1.165, 1.54) is 115 Å². The lowest BCUT2D eigenvalue weighted by molar-refractivity contribution is 0.401. The van der Waals surface area contributed by atoms with Gasteiger partial charge in [-0.15, -0.1) is 45.3 Å². The third-order valence-electron chi connectivity index (χ3n) is 9.53. The SMILES string of the molecule is CCCCCCC1(CCCCCC)c2ccccc2-c2ccc(-c3ccc(-c4ccc(-c5ccc(-c6cccs6)s5)s4)s3)cc21. The van der Waals surface area contributed by atoms with Gasteiger partial charge >= 0.3 is 0 Å². The molecule has 0 radical (unpaired) electrons. The Labute approximate surface area is 285 Å². The number of fused-ring (bicyclic) bond motifs is 3. The van der Waals surface area contributed by atoms with Crippen LogP contribution in [0.15, 0.2) is 96.4 Å². The van der Waals surface area contributed by atoms with Crippen LogP contribution in [0.5, 0.6) is 0 Å². The van der Waals surface area contributed by atoms with Crippen LogP contribution < -0.4 is 0 Å². The van der Waals surface area contributed by atoms with E-state index >= 15 is 0 Å². The molecule has 4 heterocycles. The summed E-state index contributed by atoms with van der Waals surface area (Å²) in [7, 11) is 0. The summed E-state index contributed by atoms with van der Waals surface area (Å²) in [5.41, 5.74) is 7.62. The molecule has 0 aliphatic heterocycles. The Bertz CT molecular complexity index is 1830. The number of thiophene rings is 4. The molecule has 1 aliphatic carbocycles. The summed E-state index contributed by atoms with van der Waals surface area (Å²) in [4.78, 5) is 9.54. The average molecular weight is 663 g/mol. The fourth-order valence-electron chi connectivity index (χ4n) is 7.23. The highest BCUT2D eigenvalue weighted by Crippen LogP contribution is 2.55. The highest BCUT2D eigenvalue weighted by atomic mass is 32.1. The third-order valence-corrected chi connectivity index (χ3v) is 14.3. The molecule has 0 saturated heterocycles. The van der Waals surface area contributed by atoms with Crippen LogP contribution in [0.1, 0.15) is 89.2 Å². The molecule has 0 saturated carbocycles. The molecule has 0 fully saturated rings. The van der Waals surface area contributed by atoms with Crippen LogP contribution in [0.4, 0.5) is 0 Å². The van der Waals surface area contributed by atoms with Gasteiger partial charge in [0.2, 0.25) is 0 Å². The minimum atomic E-state index is 0.134. The maximum absolute atomic E-state index is 2.59. The van der Waals surface area contributed by atoms with Gasteiger partial charge in [0.1, 0.15) is 0 Å². The zero-order valence-electron chi connectivity index (χ0n) is 26.4. The van der Waals surface area contributed by atoms with Crippen molar-refractivity contribution in [2.24, 2.45) is 0 Å². The maximum atomic E-state index is 2.59. The first-order chi connectivity index (χ1) is 22.2. The Morgan fingerprint density at radius 1 is 0.467 bits per heavy atom. The number of benzene rings is 2. The van der Waals surface area contributed by atoms with Crippen molar-refractivity contribution >= 4 is 45.3 Å². The van der Waals surface area contributed by atoms with Gasteiger partial charge in [0.25, 0.3) is 0 Å². The quantitative estimate of drug-likeness (QED) is 0.102. The fraction of sp³-hybridized carbons (Fsp3) is 0.317. The van der Waals surface area contributed by atoms with Crippen molar-refractivity contribution in [3.8, 4) is 50.8 Å². The molecular formula is C41H42S4. The smallest absolute Gasteiger partial charge is 0.0449 e. The predicted octanol–water partition coefficient (Wildman–Crippen LogP) is 14.8. The van der Waals surface area contributed by atoms with Gasteiger partial charge in [-0.2, -0.15) is 0 Å². The highest BCUT2D eigenvalue weighted by Gasteiger charge is 2.42. The molecule has 1 aliphatic rings. The Morgan fingerprint density at radius 2 is 1.02 bits per heavy atom. The number of unbranched alkanes of at least 4 members (excludes halogenated alkanes) is 6. The second-order valence-electron chi connectivity index (χ2n) is 12.5. The minimum absolute atomic E-state index is 0.134. The molecule has 4 aromatic heterocycles. The van der Waals surface area contributed by atoms with Crippen molar-refractivity contribution in [1.29, 1.82) is 0 Å². The summed E-state index contributed by atoms with van der Waals surface area (Å²) in [6, 6.07) is 35.0. The van der Waals surface area contributed by atoms with Crippen molar-refractivity contribution in [2.75, 3.05) is 0 Å². The molecule has 230 valence electrons. The van der Waals surface area contributed by atoms with E-state index < -0.39 is 0 Å². The lowest BCUT2D eigenvalue weighted by Gasteiger charge is -2.33. The van der Waals surface area contributed by atoms with E-state index in [4.69, 9.17) is 0 Å². The van der Waals surface area contributed by atoms with Crippen molar-refractivity contribution < 1.29 is 0 Å². The van der Waals surface area contributed by atoms with Crippen molar-refractivity contribution in [2.45, 2.75) is 83.5 Å². The van der Waals surface area contributed by atoms with E-state index in [2.05, 4.69) is 110 Å². The van der Waals surface area contributed by atoms with E-state index in [0.717, 1.165) is 0 Å². The van der Waals surface area contributed by atoms with Crippen LogP contribution in [0.3, 0.4) is 0 Å². The standard InChI is InChI=1S/C41H42S4/c1-3-5-7-11-25-41(26-12-8-6-4-2)32-15-10-9-14-30(32)31-18-17-29(28-33(31)41)34-19-20-37(43-34)38-23-24-40(45-38)39-22-21-36(44-39)35-16-13-27-42-35/h9-10,13-24,27-28H,3-8,11-12,25-26H2,1-2H3. The van der Waals surface area contributed by atoms with Crippen LogP contribution >= 0.6 is 45.3 Å². The minimum Gasteiger partial charge on any atom is -0.143 e. The first-order valence-corrected chi connectivity index (χ1v) is 20.1. The normalized spacial score (nSPS) is 13.3. The molecule has 0 amide bonds. The molecule has 0 N–H and O–H groups in total. The van der Waals surface area contributed by atoms with E-state index in [1.54, 1.807) is 11.1 Å². The largest absolute Gasteiger partial charge is 0.143 e. The Morgan fingerprint density at radius 3 is 1.62 bits per heavy atom. The van der Waals surface area contributed by atoms with Gasteiger partial charge in [0.15, 0.2) is 0 Å². The number of hydrogen-bond donors (Lipinski definition) is 0. The molecule has 0 spiro atoms. The van der Waals surface area contributed by atoms with Crippen molar-refractivity contribution in [3.05, 3.63) is 108 Å². The molecule has 45 heavy (non-hydrogen) atoms. The van der Waals surface area contributed by atoms with Gasteiger partial charge in [-0.3, -0.25) is 0 Å². The highest BCUT2D eigenvalue weighted by molar-refractivity contribution is 7.28.